The van der Waals surface area contributed by atoms with E-state index in [1.54, 1.807) is 30.3 Å². The molecule has 4 nitrogen and oxygen atoms in total. The van der Waals surface area contributed by atoms with E-state index >= 15 is 0 Å². The van der Waals surface area contributed by atoms with E-state index in [9.17, 15) is 8.78 Å². The molecule has 0 saturated heterocycles. The maximum Gasteiger partial charge on any atom is 0.164 e. The van der Waals surface area contributed by atoms with E-state index in [2.05, 4.69) is 15.0 Å². The average molecular weight is 446 g/mol. The summed E-state index contributed by atoms with van der Waals surface area (Å²) < 4.78 is 28.5. The van der Waals surface area contributed by atoms with Gasteiger partial charge in [0, 0.05) is 22.3 Å². The highest BCUT2D eigenvalue weighted by Crippen LogP contribution is 2.29. The van der Waals surface area contributed by atoms with Gasteiger partial charge in [0.15, 0.2) is 17.5 Å². The Morgan fingerprint density at radius 3 is 1.44 bits per heavy atom. The van der Waals surface area contributed by atoms with Gasteiger partial charge in [-0.25, -0.2) is 23.7 Å². The van der Waals surface area contributed by atoms with Crippen LogP contribution in [-0.2, 0) is 0 Å². The lowest BCUT2D eigenvalue weighted by molar-refractivity contribution is 0.600. The second kappa shape index (κ2) is 9.00. The van der Waals surface area contributed by atoms with E-state index in [4.69, 9.17) is 5.26 Å². The maximum absolute atomic E-state index is 14.5. The van der Waals surface area contributed by atoms with Crippen LogP contribution in [0.1, 0.15) is 5.56 Å². The number of hydrogen-bond acceptors (Lipinski definition) is 4. The van der Waals surface area contributed by atoms with Crippen molar-refractivity contribution in [1.82, 2.24) is 15.0 Å². The van der Waals surface area contributed by atoms with Crippen molar-refractivity contribution in [1.29, 1.82) is 5.26 Å². The van der Waals surface area contributed by atoms with E-state index in [-0.39, 0.29) is 11.1 Å². The Balaban J connectivity index is 1.59. The SMILES string of the molecule is N#Cc1cc(F)c(-c2ccc(-c3nc(-c4ccccc4)nc(-c4ccccc4)n3)cc2)cc1F. The van der Waals surface area contributed by atoms with Crippen LogP contribution < -0.4 is 0 Å². The first kappa shape index (κ1) is 21.1. The van der Waals surface area contributed by atoms with Gasteiger partial charge in [-0.15, -0.1) is 0 Å². The number of rotatable bonds is 4. The van der Waals surface area contributed by atoms with Crippen LogP contribution in [0, 0.1) is 23.0 Å². The van der Waals surface area contributed by atoms with Crippen LogP contribution in [-0.4, -0.2) is 15.0 Å². The third-order valence-corrected chi connectivity index (χ3v) is 5.33. The largest absolute Gasteiger partial charge is 0.208 e. The Morgan fingerprint density at radius 1 is 0.529 bits per heavy atom. The molecule has 0 aliphatic rings. The Morgan fingerprint density at radius 2 is 0.971 bits per heavy atom. The van der Waals surface area contributed by atoms with Gasteiger partial charge in [-0.3, -0.25) is 0 Å². The van der Waals surface area contributed by atoms with E-state index in [0.29, 0.717) is 28.6 Å². The highest BCUT2D eigenvalue weighted by Gasteiger charge is 2.14. The summed E-state index contributed by atoms with van der Waals surface area (Å²) in [6.07, 6.45) is 0. The molecule has 0 radical (unpaired) electrons. The first-order chi connectivity index (χ1) is 16.6. The van der Waals surface area contributed by atoms with E-state index in [1.165, 1.54) is 0 Å². The van der Waals surface area contributed by atoms with Gasteiger partial charge in [0.2, 0.25) is 0 Å². The molecule has 5 rings (SSSR count). The van der Waals surface area contributed by atoms with Crippen LogP contribution in [0.5, 0.6) is 0 Å². The first-order valence-electron chi connectivity index (χ1n) is 10.5. The maximum atomic E-state index is 14.5. The normalized spacial score (nSPS) is 10.6. The molecular weight excluding hydrogens is 430 g/mol. The summed E-state index contributed by atoms with van der Waals surface area (Å²) >= 11 is 0. The smallest absolute Gasteiger partial charge is 0.164 e. The van der Waals surface area contributed by atoms with Crippen LogP contribution >= 0.6 is 0 Å². The molecule has 0 bridgehead atoms. The van der Waals surface area contributed by atoms with Crippen LogP contribution in [0.2, 0.25) is 0 Å². The third-order valence-electron chi connectivity index (χ3n) is 5.33. The molecule has 0 spiro atoms. The van der Waals surface area contributed by atoms with Crippen molar-refractivity contribution >= 4 is 0 Å². The van der Waals surface area contributed by atoms with Gasteiger partial charge in [0.1, 0.15) is 17.7 Å². The zero-order chi connectivity index (χ0) is 23.5. The minimum absolute atomic E-state index is 0.0774. The number of aromatic nitrogens is 3. The van der Waals surface area contributed by atoms with Crippen molar-refractivity contribution in [2.45, 2.75) is 0 Å². The summed E-state index contributed by atoms with van der Waals surface area (Å²) in [7, 11) is 0. The van der Waals surface area contributed by atoms with Crippen LogP contribution in [0.25, 0.3) is 45.3 Å². The highest BCUT2D eigenvalue weighted by atomic mass is 19.1. The standard InChI is InChI=1S/C28H16F2N4/c29-24-16-23(25(30)15-22(24)17-31)18-11-13-21(14-12-18)28-33-26(19-7-3-1-4-8-19)32-27(34-28)20-9-5-2-6-10-20/h1-16H. The quantitative estimate of drug-likeness (QED) is 0.309. The van der Waals surface area contributed by atoms with Gasteiger partial charge < -0.3 is 0 Å². The lowest BCUT2D eigenvalue weighted by Gasteiger charge is -2.09. The fraction of sp³-hybridized carbons (Fsp3) is 0. The van der Waals surface area contributed by atoms with Gasteiger partial charge in [-0.2, -0.15) is 5.26 Å². The topological polar surface area (TPSA) is 62.5 Å². The minimum Gasteiger partial charge on any atom is -0.208 e. The lowest BCUT2D eigenvalue weighted by Crippen LogP contribution is -2.00. The van der Waals surface area contributed by atoms with Crippen molar-refractivity contribution in [3.63, 3.8) is 0 Å². The first-order valence-corrected chi connectivity index (χ1v) is 10.5. The predicted octanol–water partition coefficient (Wildman–Crippen LogP) is 6.69. The van der Waals surface area contributed by atoms with Crippen molar-refractivity contribution in [2.24, 2.45) is 0 Å². The van der Waals surface area contributed by atoms with Crippen LogP contribution in [0.3, 0.4) is 0 Å². The predicted molar refractivity (Wildman–Crippen MR) is 126 cm³/mol. The van der Waals surface area contributed by atoms with Gasteiger partial charge in [-0.1, -0.05) is 84.9 Å². The molecule has 5 aromatic rings. The molecule has 0 aliphatic heterocycles. The van der Waals surface area contributed by atoms with Crippen LogP contribution in [0.15, 0.2) is 97.1 Å². The molecule has 0 amide bonds. The number of halogens is 2. The molecule has 0 aliphatic carbocycles. The van der Waals surface area contributed by atoms with Crippen molar-refractivity contribution < 1.29 is 8.78 Å². The average Bonchev–Trinajstić information content (AvgIpc) is 2.90. The molecular formula is C28H16F2N4. The molecule has 6 heteroatoms. The summed E-state index contributed by atoms with van der Waals surface area (Å²) in [5.74, 6) is 0.109. The molecule has 0 fully saturated rings. The molecule has 0 atom stereocenters. The van der Waals surface area contributed by atoms with Gasteiger partial charge >= 0.3 is 0 Å². The summed E-state index contributed by atoms with van der Waals surface area (Å²) in [6.45, 7) is 0. The Kier molecular flexibility index (Phi) is 5.59. The van der Waals surface area contributed by atoms with Gasteiger partial charge in [-0.05, 0) is 17.7 Å². The minimum atomic E-state index is -0.763. The zero-order valence-corrected chi connectivity index (χ0v) is 17.8. The van der Waals surface area contributed by atoms with E-state index in [1.807, 2.05) is 60.7 Å². The molecule has 0 saturated carbocycles. The molecule has 34 heavy (non-hydrogen) atoms. The second-order valence-corrected chi connectivity index (χ2v) is 7.54. The molecule has 162 valence electrons. The molecule has 0 unspecified atom stereocenters. The second-order valence-electron chi connectivity index (χ2n) is 7.54. The summed E-state index contributed by atoms with van der Waals surface area (Å²) in [4.78, 5) is 14.0. The third kappa shape index (κ3) is 4.15. The zero-order valence-electron chi connectivity index (χ0n) is 17.8. The number of benzene rings is 4. The molecule has 1 heterocycles. The van der Waals surface area contributed by atoms with Gasteiger partial charge in [0.05, 0.1) is 5.56 Å². The Labute approximate surface area is 194 Å². The number of nitrogens with zero attached hydrogens (tertiary/aromatic N) is 4. The number of hydrogen-bond donors (Lipinski definition) is 0. The van der Waals surface area contributed by atoms with E-state index in [0.717, 1.165) is 23.3 Å². The Hall–Kier alpha value is -4.76. The van der Waals surface area contributed by atoms with Gasteiger partial charge in [0.25, 0.3) is 0 Å². The lowest BCUT2D eigenvalue weighted by atomic mass is 10.0. The monoisotopic (exact) mass is 446 g/mol. The van der Waals surface area contributed by atoms with E-state index < -0.39 is 11.6 Å². The van der Waals surface area contributed by atoms with Crippen molar-refractivity contribution in [3.05, 3.63) is 114 Å². The fourth-order valence-electron chi connectivity index (χ4n) is 3.59. The summed E-state index contributed by atoms with van der Waals surface area (Å²) in [6, 6.07) is 29.7. The highest BCUT2D eigenvalue weighted by molar-refractivity contribution is 5.71. The Bertz CT molecular complexity index is 1450. The molecule has 4 aromatic carbocycles. The number of nitriles is 1. The van der Waals surface area contributed by atoms with Crippen molar-refractivity contribution in [3.8, 4) is 51.4 Å². The summed E-state index contributed by atoms with van der Waals surface area (Å²) in [5.41, 5.74) is 2.64. The molecule has 1 aromatic heterocycles. The molecule has 0 N–H and O–H groups in total. The van der Waals surface area contributed by atoms with Crippen molar-refractivity contribution in [2.75, 3.05) is 0 Å². The fourth-order valence-corrected chi connectivity index (χ4v) is 3.59. The summed E-state index contributed by atoms with van der Waals surface area (Å²) in [5, 5.41) is 8.90. The van der Waals surface area contributed by atoms with Crippen LogP contribution in [0.4, 0.5) is 8.78 Å².